The summed E-state index contributed by atoms with van der Waals surface area (Å²) in [6.07, 6.45) is 88.1. The van der Waals surface area contributed by atoms with Crippen molar-refractivity contribution in [3.05, 3.63) is 85.1 Å². The average molecular weight is 1200 g/mol. The molecule has 0 heterocycles. The number of unbranched alkanes of at least 4 members (excludes halogenated alkanes) is 38. The number of nitrogens with zero attached hydrogens (tertiary/aromatic N) is 1. The number of carboxylic acid groups (broad SMARTS) is 1. The summed E-state index contributed by atoms with van der Waals surface area (Å²) in [5, 5.41) is 11.8. The number of rotatable bonds is 67. The Morgan fingerprint density at radius 3 is 0.988 bits per heavy atom. The summed E-state index contributed by atoms with van der Waals surface area (Å²) in [4.78, 5) is 37.5. The Labute approximate surface area is 531 Å². The zero-order chi connectivity index (χ0) is 62.6. The van der Waals surface area contributed by atoms with Crippen LogP contribution in [0.5, 0.6) is 0 Å². The average Bonchev–Trinajstić information content (AvgIpc) is 3.64. The van der Waals surface area contributed by atoms with Crippen LogP contribution in [0.3, 0.4) is 0 Å². The maximum absolute atomic E-state index is 12.9. The lowest BCUT2D eigenvalue weighted by Crippen LogP contribution is -2.44. The molecule has 0 N–H and O–H groups in total. The van der Waals surface area contributed by atoms with Crippen LogP contribution in [-0.4, -0.2) is 82.3 Å². The largest absolute Gasteiger partial charge is 0.545 e. The van der Waals surface area contributed by atoms with E-state index in [4.69, 9.17) is 18.9 Å². The van der Waals surface area contributed by atoms with Gasteiger partial charge in [0.1, 0.15) is 13.2 Å². The topological polar surface area (TPSA) is 111 Å². The van der Waals surface area contributed by atoms with Gasteiger partial charge in [0.2, 0.25) is 0 Å². The van der Waals surface area contributed by atoms with Crippen LogP contribution in [-0.2, 0) is 33.3 Å². The molecule has 9 heteroatoms. The number of carboxylic acids is 1. The van der Waals surface area contributed by atoms with Crippen molar-refractivity contribution in [2.75, 3.05) is 47.5 Å². The molecular formula is C77H137NO8. The van der Waals surface area contributed by atoms with Gasteiger partial charge in [-0.3, -0.25) is 9.59 Å². The number of hydrogen-bond donors (Lipinski definition) is 0. The lowest BCUT2D eigenvalue weighted by Gasteiger charge is -2.26. The third-order valence-electron chi connectivity index (χ3n) is 15.9. The summed E-state index contributed by atoms with van der Waals surface area (Å²) in [7, 11) is 5.94. The van der Waals surface area contributed by atoms with Crippen molar-refractivity contribution in [2.24, 2.45) is 0 Å². The maximum Gasteiger partial charge on any atom is 0.306 e. The fraction of sp³-hybridized carbons (Fsp3) is 0.779. The first-order valence-electron chi connectivity index (χ1n) is 36.2. The van der Waals surface area contributed by atoms with E-state index in [0.29, 0.717) is 23.9 Å². The van der Waals surface area contributed by atoms with Crippen LogP contribution in [0.25, 0.3) is 0 Å². The highest BCUT2D eigenvalue weighted by atomic mass is 16.7. The molecule has 0 aromatic carbocycles. The van der Waals surface area contributed by atoms with E-state index in [9.17, 15) is 19.5 Å². The smallest absolute Gasteiger partial charge is 0.306 e. The molecule has 0 aliphatic carbocycles. The standard InChI is InChI=1S/C77H137NO8/c1-6-8-10-12-14-16-18-20-22-24-26-28-30-32-34-35-36-37-38-39-40-41-42-44-46-48-50-52-54-56-58-60-62-64-66-68-75(80)86-73(72-85-77(76(81)82)83-70-69-78(3,4)5)71-84-74(79)67-65-63-61-59-57-55-53-51-49-47-45-43-33-31-29-27-25-23-21-19-17-15-13-11-9-7-2/h8,10,14,16,20,22,26,28,32,34,36-37,39-40,73,77H,6-7,9,11-13,15,17-19,21,23-25,27,29-31,33,35,38,41-72H2,1-5H3/b10-8-,16-14-,22-20-,28-26-,34-32-,37-36-,40-39-. The lowest BCUT2D eigenvalue weighted by atomic mass is 10.0. The van der Waals surface area contributed by atoms with Gasteiger partial charge >= 0.3 is 11.9 Å². The van der Waals surface area contributed by atoms with Gasteiger partial charge in [0.15, 0.2) is 12.4 Å². The SMILES string of the molecule is CC/C=C\C/C=C\C/C=C\C/C=C\C/C=C\C/C=C\C/C=C\CCCCCCCCCCCCCCCC(=O)OC(COC(=O)CCCCCCCCCCCCCCCCCCCCCCCCCCCC)COC(OCC[N+](C)(C)C)C(=O)[O-]. The first kappa shape index (κ1) is 82.5. The molecule has 0 radical (unpaired) electrons. The molecule has 2 unspecified atom stereocenters. The molecule has 2 atom stereocenters. The molecule has 0 rings (SSSR count). The van der Waals surface area contributed by atoms with Crippen LogP contribution in [0.1, 0.15) is 328 Å². The number of allylic oxidation sites excluding steroid dienone is 14. The van der Waals surface area contributed by atoms with Crippen molar-refractivity contribution < 1.29 is 42.9 Å². The number of aliphatic carboxylic acids is 1. The minimum atomic E-state index is -1.62. The third kappa shape index (κ3) is 68.0. The van der Waals surface area contributed by atoms with E-state index in [1.54, 1.807) is 0 Å². The van der Waals surface area contributed by atoms with Crippen LogP contribution < -0.4 is 5.11 Å². The van der Waals surface area contributed by atoms with E-state index in [-0.39, 0.29) is 32.2 Å². The Hall–Kier alpha value is -3.53. The first-order valence-corrected chi connectivity index (χ1v) is 36.2. The Balaban J connectivity index is 4.09. The van der Waals surface area contributed by atoms with Crippen molar-refractivity contribution in [3.8, 4) is 0 Å². The predicted octanol–water partition coefficient (Wildman–Crippen LogP) is 21.3. The maximum atomic E-state index is 12.9. The fourth-order valence-corrected chi connectivity index (χ4v) is 10.4. The second kappa shape index (κ2) is 67.4. The molecule has 0 saturated heterocycles. The highest BCUT2D eigenvalue weighted by Crippen LogP contribution is 2.18. The van der Waals surface area contributed by atoms with Crippen LogP contribution in [0.2, 0.25) is 0 Å². The van der Waals surface area contributed by atoms with Crippen molar-refractivity contribution in [1.82, 2.24) is 0 Å². The second-order valence-corrected chi connectivity index (χ2v) is 25.5. The molecule has 0 bridgehead atoms. The number of carbonyl (C=O) groups excluding carboxylic acids is 3. The number of hydrogen-bond acceptors (Lipinski definition) is 8. The quantitative estimate of drug-likeness (QED) is 0.0195. The van der Waals surface area contributed by atoms with Crippen molar-refractivity contribution in [2.45, 2.75) is 341 Å². The van der Waals surface area contributed by atoms with Gasteiger partial charge < -0.3 is 33.3 Å². The van der Waals surface area contributed by atoms with Crippen LogP contribution in [0, 0.1) is 0 Å². The molecule has 0 aliphatic rings. The molecule has 0 fully saturated rings. The van der Waals surface area contributed by atoms with Crippen molar-refractivity contribution in [1.29, 1.82) is 0 Å². The molecule has 0 aliphatic heterocycles. The minimum absolute atomic E-state index is 0.147. The lowest BCUT2D eigenvalue weighted by molar-refractivity contribution is -0.870. The molecule has 0 aromatic rings. The van der Waals surface area contributed by atoms with E-state index in [2.05, 4.69) is 98.9 Å². The van der Waals surface area contributed by atoms with Crippen molar-refractivity contribution >= 4 is 17.9 Å². The van der Waals surface area contributed by atoms with Gasteiger partial charge in [-0.2, -0.15) is 0 Å². The van der Waals surface area contributed by atoms with Gasteiger partial charge in [-0.05, 0) is 70.6 Å². The summed E-state index contributed by atoms with van der Waals surface area (Å²) >= 11 is 0. The molecule has 0 spiro atoms. The second-order valence-electron chi connectivity index (χ2n) is 25.5. The molecule has 9 nitrogen and oxygen atoms in total. The van der Waals surface area contributed by atoms with Gasteiger partial charge in [-0.15, -0.1) is 0 Å². The first-order chi connectivity index (χ1) is 42.1. The summed E-state index contributed by atoms with van der Waals surface area (Å²) < 4.78 is 22.8. The Kier molecular flexibility index (Phi) is 64.6. The van der Waals surface area contributed by atoms with E-state index >= 15 is 0 Å². The Morgan fingerprint density at radius 1 is 0.360 bits per heavy atom. The normalized spacial score (nSPS) is 13.2. The van der Waals surface area contributed by atoms with Crippen LogP contribution in [0.15, 0.2) is 85.1 Å². The number of quaternary nitrogens is 1. The monoisotopic (exact) mass is 1200 g/mol. The number of likely N-dealkylation sites (N-methyl/N-ethyl adjacent to an activating group) is 1. The predicted molar refractivity (Wildman–Crippen MR) is 366 cm³/mol. The van der Waals surface area contributed by atoms with Gasteiger partial charge in [0.05, 0.1) is 40.3 Å². The Bertz CT molecular complexity index is 1690. The number of carbonyl (C=O) groups is 3. The Morgan fingerprint density at radius 2 is 0.663 bits per heavy atom. The van der Waals surface area contributed by atoms with Crippen molar-refractivity contribution in [3.63, 3.8) is 0 Å². The van der Waals surface area contributed by atoms with E-state index in [1.165, 1.54) is 212 Å². The molecule has 0 aromatic heterocycles. The van der Waals surface area contributed by atoms with Crippen LogP contribution >= 0.6 is 0 Å². The summed E-state index contributed by atoms with van der Waals surface area (Å²) in [6, 6.07) is 0. The molecule has 86 heavy (non-hydrogen) atoms. The minimum Gasteiger partial charge on any atom is -0.545 e. The summed E-state index contributed by atoms with van der Waals surface area (Å²) in [5.41, 5.74) is 0. The van der Waals surface area contributed by atoms with E-state index in [0.717, 1.165) is 83.5 Å². The zero-order valence-electron chi connectivity index (χ0n) is 56.9. The van der Waals surface area contributed by atoms with E-state index < -0.39 is 24.3 Å². The highest BCUT2D eigenvalue weighted by molar-refractivity contribution is 5.70. The van der Waals surface area contributed by atoms with E-state index in [1.807, 2.05) is 21.1 Å². The summed E-state index contributed by atoms with van der Waals surface area (Å²) in [6.45, 7) is 4.68. The number of ether oxygens (including phenoxy) is 4. The summed E-state index contributed by atoms with van der Waals surface area (Å²) in [5.74, 6) is -2.27. The molecule has 498 valence electrons. The van der Waals surface area contributed by atoms with Gasteiger partial charge in [0, 0.05) is 12.8 Å². The third-order valence-corrected chi connectivity index (χ3v) is 15.9. The number of esters is 2. The zero-order valence-corrected chi connectivity index (χ0v) is 56.9. The fourth-order valence-electron chi connectivity index (χ4n) is 10.4. The molecule has 0 amide bonds. The van der Waals surface area contributed by atoms with Gasteiger partial charge in [-0.1, -0.05) is 330 Å². The van der Waals surface area contributed by atoms with Gasteiger partial charge in [0.25, 0.3) is 0 Å². The van der Waals surface area contributed by atoms with Gasteiger partial charge in [-0.25, -0.2) is 0 Å². The van der Waals surface area contributed by atoms with Crippen LogP contribution in [0.4, 0.5) is 0 Å². The highest BCUT2D eigenvalue weighted by Gasteiger charge is 2.22. The molecule has 0 saturated carbocycles. The molecular weight excluding hydrogens is 1070 g/mol.